The van der Waals surface area contributed by atoms with E-state index in [1.807, 2.05) is 0 Å². The van der Waals surface area contributed by atoms with Crippen LogP contribution in [0.3, 0.4) is 0 Å². The van der Waals surface area contributed by atoms with E-state index in [0.29, 0.717) is 12.0 Å². The van der Waals surface area contributed by atoms with Gasteiger partial charge in [0.1, 0.15) is 0 Å². The molecular weight excluding hydrogens is 241 g/mol. The maximum absolute atomic E-state index is 12.6. The number of rotatable bonds is 1. The van der Waals surface area contributed by atoms with Gasteiger partial charge in [-0.2, -0.15) is 13.2 Å². The molecule has 0 heterocycles. The summed E-state index contributed by atoms with van der Waals surface area (Å²) < 4.78 is 37.9. The summed E-state index contributed by atoms with van der Waals surface area (Å²) in [7, 11) is 0. The third-order valence-electron chi connectivity index (χ3n) is 3.58. The molecule has 4 heteroatoms. The quantitative estimate of drug-likeness (QED) is 0.751. The Kier molecular flexibility index (Phi) is 3.95. The van der Waals surface area contributed by atoms with Gasteiger partial charge in [-0.1, -0.05) is 31.0 Å². The third-order valence-corrected chi connectivity index (χ3v) is 3.58. The highest BCUT2D eigenvalue weighted by Crippen LogP contribution is 2.35. The molecule has 100 valence electrons. The van der Waals surface area contributed by atoms with Crippen LogP contribution < -0.4 is 0 Å². The lowest BCUT2D eigenvalue weighted by atomic mass is 9.90. The molecule has 2 unspecified atom stereocenters. The number of benzene rings is 1. The minimum atomic E-state index is -4.29. The Labute approximate surface area is 105 Å². The topological polar surface area (TPSA) is 20.2 Å². The number of hydrogen-bond donors (Lipinski definition) is 1. The van der Waals surface area contributed by atoms with Crippen molar-refractivity contribution in [3.8, 4) is 0 Å². The van der Waals surface area contributed by atoms with Gasteiger partial charge in [0.2, 0.25) is 0 Å². The average Bonchev–Trinajstić information content (AvgIpc) is 2.53. The van der Waals surface area contributed by atoms with Crippen molar-refractivity contribution in [3.63, 3.8) is 0 Å². The summed E-state index contributed by atoms with van der Waals surface area (Å²) in [5.74, 6) is 0.0461. The summed E-state index contributed by atoms with van der Waals surface area (Å²) in [4.78, 5) is 0. The predicted octanol–water partition coefficient (Wildman–Crippen LogP) is 4.11. The van der Waals surface area contributed by atoms with E-state index in [9.17, 15) is 18.3 Å². The van der Waals surface area contributed by atoms with Crippen molar-refractivity contribution < 1.29 is 18.3 Å². The van der Waals surface area contributed by atoms with Gasteiger partial charge in [0.25, 0.3) is 0 Å². The molecule has 1 aromatic rings. The number of halogens is 3. The lowest BCUT2D eigenvalue weighted by molar-refractivity contribution is -0.137. The fraction of sp³-hybridized carbons (Fsp3) is 0.571. The lowest BCUT2D eigenvalue weighted by Gasteiger charge is -2.18. The SMILES string of the molecule is OC1CCCCC(c2cccc(C(F)(F)F)c2)C1. The lowest BCUT2D eigenvalue weighted by Crippen LogP contribution is -2.11. The number of hydrogen-bond acceptors (Lipinski definition) is 1. The molecule has 0 aromatic heterocycles. The van der Waals surface area contributed by atoms with Gasteiger partial charge < -0.3 is 5.11 Å². The van der Waals surface area contributed by atoms with Gasteiger partial charge in [-0.05, 0) is 36.8 Å². The summed E-state index contributed by atoms with van der Waals surface area (Å²) in [5.41, 5.74) is 0.101. The predicted molar refractivity (Wildman–Crippen MR) is 63.3 cm³/mol. The standard InChI is InChI=1S/C14H17F3O/c15-14(16,17)12-6-3-5-10(8-12)11-4-1-2-7-13(18)9-11/h3,5-6,8,11,13,18H,1-2,4,7,9H2. The third kappa shape index (κ3) is 3.25. The second kappa shape index (κ2) is 5.31. The number of aliphatic hydroxyl groups is 1. The Morgan fingerprint density at radius 3 is 2.56 bits per heavy atom. The first kappa shape index (κ1) is 13.4. The minimum Gasteiger partial charge on any atom is -0.393 e. The molecule has 0 bridgehead atoms. The van der Waals surface area contributed by atoms with Gasteiger partial charge in [0, 0.05) is 0 Å². The first-order valence-corrected chi connectivity index (χ1v) is 6.32. The molecule has 2 atom stereocenters. The van der Waals surface area contributed by atoms with E-state index >= 15 is 0 Å². The summed E-state index contributed by atoms with van der Waals surface area (Å²) >= 11 is 0. The van der Waals surface area contributed by atoms with E-state index in [0.717, 1.165) is 31.7 Å². The molecule has 1 fully saturated rings. The van der Waals surface area contributed by atoms with E-state index in [1.165, 1.54) is 12.1 Å². The molecule has 0 spiro atoms. The van der Waals surface area contributed by atoms with Crippen molar-refractivity contribution in [1.82, 2.24) is 0 Å². The fourth-order valence-corrected chi connectivity index (χ4v) is 2.61. The second-order valence-corrected chi connectivity index (χ2v) is 4.99. The highest BCUT2D eigenvalue weighted by Gasteiger charge is 2.31. The molecule has 1 saturated carbocycles. The van der Waals surface area contributed by atoms with E-state index in [2.05, 4.69) is 0 Å². The van der Waals surface area contributed by atoms with Crippen LogP contribution in [0.15, 0.2) is 24.3 Å². The van der Waals surface area contributed by atoms with Crippen LogP contribution in [-0.2, 0) is 6.18 Å². The number of alkyl halides is 3. The second-order valence-electron chi connectivity index (χ2n) is 4.99. The smallest absolute Gasteiger partial charge is 0.393 e. The van der Waals surface area contributed by atoms with Gasteiger partial charge in [-0.3, -0.25) is 0 Å². The fourth-order valence-electron chi connectivity index (χ4n) is 2.61. The molecule has 0 radical (unpaired) electrons. The van der Waals surface area contributed by atoms with E-state index < -0.39 is 11.7 Å². The van der Waals surface area contributed by atoms with E-state index in [1.54, 1.807) is 6.07 Å². The zero-order valence-corrected chi connectivity index (χ0v) is 10.1. The van der Waals surface area contributed by atoms with Gasteiger partial charge in [-0.25, -0.2) is 0 Å². The van der Waals surface area contributed by atoms with Crippen LogP contribution in [0.25, 0.3) is 0 Å². The molecule has 0 saturated heterocycles. The molecule has 2 rings (SSSR count). The molecule has 1 aromatic carbocycles. The van der Waals surface area contributed by atoms with Gasteiger partial charge in [0.15, 0.2) is 0 Å². The van der Waals surface area contributed by atoms with Crippen molar-refractivity contribution in [2.75, 3.05) is 0 Å². The van der Waals surface area contributed by atoms with Crippen LogP contribution in [0.5, 0.6) is 0 Å². The molecule has 18 heavy (non-hydrogen) atoms. The molecule has 1 aliphatic rings. The number of aliphatic hydroxyl groups excluding tert-OH is 1. The van der Waals surface area contributed by atoms with Crippen molar-refractivity contribution in [1.29, 1.82) is 0 Å². The van der Waals surface area contributed by atoms with Crippen molar-refractivity contribution in [3.05, 3.63) is 35.4 Å². The molecule has 1 N–H and O–H groups in total. The maximum atomic E-state index is 12.6. The molecule has 0 aliphatic heterocycles. The van der Waals surface area contributed by atoms with E-state index in [-0.39, 0.29) is 12.0 Å². The Morgan fingerprint density at radius 2 is 1.83 bits per heavy atom. The Morgan fingerprint density at radius 1 is 1.11 bits per heavy atom. The normalized spacial score (nSPS) is 25.8. The zero-order chi connectivity index (χ0) is 13.2. The van der Waals surface area contributed by atoms with Crippen molar-refractivity contribution >= 4 is 0 Å². The van der Waals surface area contributed by atoms with Crippen LogP contribution in [-0.4, -0.2) is 11.2 Å². The van der Waals surface area contributed by atoms with E-state index in [4.69, 9.17) is 0 Å². The van der Waals surface area contributed by atoms with Gasteiger partial charge in [-0.15, -0.1) is 0 Å². The van der Waals surface area contributed by atoms with Crippen LogP contribution in [0.1, 0.15) is 49.1 Å². The summed E-state index contributed by atoms with van der Waals surface area (Å²) in [6.45, 7) is 0. The van der Waals surface area contributed by atoms with Crippen molar-refractivity contribution in [2.45, 2.75) is 50.3 Å². The van der Waals surface area contributed by atoms with Crippen LogP contribution in [0, 0.1) is 0 Å². The minimum absolute atomic E-state index is 0.0461. The summed E-state index contributed by atoms with van der Waals surface area (Å²) in [6, 6.07) is 5.51. The monoisotopic (exact) mass is 258 g/mol. The summed E-state index contributed by atoms with van der Waals surface area (Å²) in [5, 5.41) is 9.73. The van der Waals surface area contributed by atoms with Gasteiger partial charge >= 0.3 is 6.18 Å². The molecule has 1 nitrogen and oxygen atoms in total. The highest BCUT2D eigenvalue weighted by atomic mass is 19.4. The molecule has 0 amide bonds. The Hall–Kier alpha value is -1.03. The molecular formula is C14H17F3O. The molecule has 1 aliphatic carbocycles. The van der Waals surface area contributed by atoms with Gasteiger partial charge in [0.05, 0.1) is 11.7 Å². The highest BCUT2D eigenvalue weighted by molar-refractivity contribution is 5.28. The van der Waals surface area contributed by atoms with Crippen LogP contribution in [0.4, 0.5) is 13.2 Å². The zero-order valence-electron chi connectivity index (χ0n) is 10.1. The van der Waals surface area contributed by atoms with Crippen LogP contribution >= 0.6 is 0 Å². The largest absolute Gasteiger partial charge is 0.416 e. The maximum Gasteiger partial charge on any atom is 0.416 e. The Balaban J connectivity index is 2.22. The average molecular weight is 258 g/mol. The van der Waals surface area contributed by atoms with Crippen molar-refractivity contribution in [2.24, 2.45) is 0 Å². The summed E-state index contributed by atoms with van der Waals surface area (Å²) in [6.07, 6.45) is -0.560. The Bertz CT molecular complexity index is 400. The first-order valence-electron chi connectivity index (χ1n) is 6.32. The van der Waals surface area contributed by atoms with Crippen LogP contribution in [0.2, 0.25) is 0 Å². The first-order chi connectivity index (χ1) is 8.47.